The Kier molecular flexibility index (Phi) is 4.80. The van der Waals surface area contributed by atoms with Crippen LogP contribution in [0.1, 0.15) is 31.9 Å². The Balaban J connectivity index is 1.86. The van der Waals surface area contributed by atoms with Crippen molar-refractivity contribution in [1.82, 2.24) is 0 Å². The van der Waals surface area contributed by atoms with Gasteiger partial charge in [0.25, 0.3) is 0 Å². The van der Waals surface area contributed by atoms with Crippen LogP contribution >= 0.6 is 11.6 Å². The zero-order valence-corrected chi connectivity index (χ0v) is 16.2. The Bertz CT molecular complexity index is 876. The van der Waals surface area contributed by atoms with Crippen molar-refractivity contribution < 1.29 is 9.59 Å². The number of para-hydroxylation sites is 1. The zero-order chi connectivity index (χ0) is 19.1. The molecule has 1 heterocycles. The second-order valence-electron chi connectivity index (χ2n) is 7.35. The Hall–Kier alpha value is -2.33. The molecule has 1 N–H and O–H groups in total. The third-order valence-electron chi connectivity index (χ3n) is 5.04. The molecule has 3 rings (SSSR count). The Labute approximate surface area is 159 Å². The number of rotatable bonds is 3. The predicted octanol–water partition coefficient (Wildman–Crippen LogP) is 4.59. The van der Waals surface area contributed by atoms with E-state index < -0.39 is 5.41 Å². The Morgan fingerprint density at radius 1 is 1.15 bits per heavy atom. The summed E-state index contributed by atoms with van der Waals surface area (Å²) in [6, 6.07) is 13.2. The molecule has 1 unspecified atom stereocenters. The summed E-state index contributed by atoms with van der Waals surface area (Å²) in [6.07, 6.45) is 0.799. The maximum Gasteiger partial charge on any atom is 0.242 e. The smallest absolute Gasteiger partial charge is 0.242 e. The van der Waals surface area contributed by atoms with Crippen molar-refractivity contribution in [2.75, 3.05) is 10.2 Å². The molecule has 136 valence electrons. The first-order valence-corrected chi connectivity index (χ1v) is 9.09. The van der Waals surface area contributed by atoms with Gasteiger partial charge in [0.15, 0.2) is 0 Å². The third kappa shape index (κ3) is 3.10. The van der Waals surface area contributed by atoms with Crippen LogP contribution in [-0.4, -0.2) is 17.9 Å². The van der Waals surface area contributed by atoms with Gasteiger partial charge in [-0.15, -0.1) is 0 Å². The molecule has 0 aromatic heterocycles. The molecule has 26 heavy (non-hydrogen) atoms. The van der Waals surface area contributed by atoms with Crippen molar-refractivity contribution in [3.63, 3.8) is 0 Å². The molecular weight excluding hydrogens is 348 g/mol. The maximum absolute atomic E-state index is 13.3. The highest BCUT2D eigenvalue weighted by Crippen LogP contribution is 2.36. The fourth-order valence-corrected chi connectivity index (χ4v) is 3.47. The fraction of sp³-hybridized carbons (Fsp3) is 0.333. The second kappa shape index (κ2) is 6.76. The highest BCUT2D eigenvalue weighted by Gasteiger charge is 2.43. The lowest BCUT2D eigenvalue weighted by Crippen LogP contribution is -2.49. The molecular formula is C21H23ClN2O2. The van der Waals surface area contributed by atoms with E-state index in [9.17, 15) is 9.59 Å². The number of nitrogens with zero attached hydrogens (tertiary/aromatic N) is 1. The number of carbonyl (C=O) groups is 2. The van der Waals surface area contributed by atoms with E-state index in [1.165, 1.54) is 0 Å². The maximum atomic E-state index is 13.3. The van der Waals surface area contributed by atoms with Gasteiger partial charge in [0.1, 0.15) is 5.41 Å². The van der Waals surface area contributed by atoms with E-state index in [0.717, 1.165) is 23.2 Å². The van der Waals surface area contributed by atoms with Crippen LogP contribution in [0.3, 0.4) is 0 Å². The zero-order valence-electron chi connectivity index (χ0n) is 15.5. The standard InChI is InChI=1S/C21H23ClN2O2/c1-13-12-15-8-5-6-11-18(15)24(13)20(26)21(3,4)19(25)23-17-10-7-9-16(22)14(17)2/h5-11,13H,12H2,1-4H3,(H,23,25). The van der Waals surface area contributed by atoms with Gasteiger partial charge < -0.3 is 10.2 Å². The van der Waals surface area contributed by atoms with Crippen molar-refractivity contribution >= 4 is 34.8 Å². The van der Waals surface area contributed by atoms with E-state index in [2.05, 4.69) is 5.32 Å². The van der Waals surface area contributed by atoms with Gasteiger partial charge in [-0.2, -0.15) is 0 Å². The number of fused-ring (bicyclic) bond motifs is 1. The first kappa shape index (κ1) is 18.5. The van der Waals surface area contributed by atoms with Gasteiger partial charge in [-0.05, 0) is 63.4 Å². The number of nitrogens with one attached hydrogen (secondary N) is 1. The molecule has 0 bridgehead atoms. The van der Waals surface area contributed by atoms with Gasteiger partial charge in [0.2, 0.25) is 11.8 Å². The Morgan fingerprint density at radius 2 is 1.85 bits per heavy atom. The van der Waals surface area contributed by atoms with E-state index >= 15 is 0 Å². The predicted molar refractivity (Wildman–Crippen MR) is 106 cm³/mol. The van der Waals surface area contributed by atoms with E-state index in [4.69, 9.17) is 11.6 Å². The lowest BCUT2D eigenvalue weighted by Gasteiger charge is -2.31. The summed E-state index contributed by atoms with van der Waals surface area (Å²) in [5.41, 5.74) is 2.23. The molecule has 1 atom stereocenters. The van der Waals surface area contributed by atoms with Crippen LogP contribution < -0.4 is 10.2 Å². The molecule has 0 saturated carbocycles. The minimum absolute atomic E-state index is 0.0277. The number of hydrogen-bond acceptors (Lipinski definition) is 2. The first-order valence-electron chi connectivity index (χ1n) is 8.71. The van der Waals surface area contributed by atoms with Crippen LogP contribution in [0.25, 0.3) is 0 Å². The summed E-state index contributed by atoms with van der Waals surface area (Å²) in [5.74, 6) is -0.545. The summed E-state index contributed by atoms with van der Waals surface area (Å²) in [5, 5.41) is 3.44. The molecule has 0 spiro atoms. The van der Waals surface area contributed by atoms with Crippen molar-refractivity contribution in [3.8, 4) is 0 Å². The molecule has 4 nitrogen and oxygen atoms in total. The van der Waals surface area contributed by atoms with Gasteiger partial charge >= 0.3 is 0 Å². The van der Waals surface area contributed by atoms with E-state index in [1.807, 2.05) is 38.1 Å². The first-order chi connectivity index (χ1) is 12.2. The molecule has 0 aliphatic carbocycles. The van der Waals surface area contributed by atoms with Crippen molar-refractivity contribution in [2.45, 2.75) is 40.2 Å². The lowest BCUT2D eigenvalue weighted by molar-refractivity contribution is -0.136. The van der Waals surface area contributed by atoms with Crippen LogP contribution in [0.15, 0.2) is 42.5 Å². The third-order valence-corrected chi connectivity index (χ3v) is 5.45. The molecule has 2 aromatic rings. The number of amides is 2. The highest BCUT2D eigenvalue weighted by atomic mass is 35.5. The summed E-state index contributed by atoms with van der Waals surface area (Å²) in [4.78, 5) is 27.9. The normalized spacial score (nSPS) is 16.3. The molecule has 1 aliphatic heterocycles. The Morgan fingerprint density at radius 3 is 2.58 bits per heavy atom. The van der Waals surface area contributed by atoms with Gasteiger partial charge in [-0.3, -0.25) is 9.59 Å². The lowest BCUT2D eigenvalue weighted by atomic mass is 9.89. The van der Waals surface area contributed by atoms with Gasteiger partial charge in [0.05, 0.1) is 0 Å². The van der Waals surface area contributed by atoms with Crippen LogP contribution in [-0.2, 0) is 16.0 Å². The largest absolute Gasteiger partial charge is 0.325 e. The van der Waals surface area contributed by atoms with Gasteiger partial charge in [-0.1, -0.05) is 35.9 Å². The average molecular weight is 371 g/mol. The minimum atomic E-state index is -1.21. The summed E-state index contributed by atoms with van der Waals surface area (Å²) < 4.78 is 0. The second-order valence-corrected chi connectivity index (χ2v) is 7.76. The molecule has 0 saturated heterocycles. The van der Waals surface area contributed by atoms with E-state index in [-0.39, 0.29) is 17.9 Å². The van der Waals surface area contributed by atoms with Crippen molar-refractivity contribution in [2.24, 2.45) is 5.41 Å². The molecule has 2 amide bonds. The molecule has 5 heteroatoms. The topological polar surface area (TPSA) is 49.4 Å². The van der Waals surface area contributed by atoms with E-state index in [0.29, 0.717) is 10.7 Å². The number of anilines is 2. The van der Waals surface area contributed by atoms with Crippen LogP contribution in [0.2, 0.25) is 5.02 Å². The van der Waals surface area contributed by atoms with E-state index in [1.54, 1.807) is 36.9 Å². The van der Waals surface area contributed by atoms with Gasteiger partial charge in [0, 0.05) is 22.4 Å². The number of benzene rings is 2. The molecule has 0 fully saturated rings. The van der Waals surface area contributed by atoms with Crippen LogP contribution in [0.4, 0.5) is 11.4 Å². The number of carbonyl (C=O) groups excluding carboxylic acids is 2. The summed E-state index contributed by atoms with van der Waals surface area (Å²) in [6.45, 7) is 7.18. The highest BCUT2D eigenvalue weighted by molar-refractivity contribution is 6.31. The molecule has 1 aliphatic rings. The molecule has 2 aromatic carbocycles. The van der Waals surface area contributed by atoms with Crippen LogP contribution in [0, 0.1) is 12.3 Å². The summed E-state index contributed by atoms with van der Waals surface area (Å²) >= 11 is 6.13. The number of hydrogen-bond donors (Lipinski definition) is 1. The monoisotopic (exact) mass is 370 g/mol. The van der Waals surface area contributed by atoms with Gasteiger partial charge in [-0.25, -0.2) is 0 Å². The summed E-state index contributed by atoms with van der Waals surface area (Å²) in [7, 11) is 0. The molecule has 0 radical (unpaired) electrons. The van der Waals surface area contributed by atoms with Crippen molar-refractivity contribution in [1.29, 1.82) is 0 Å². The van der Waals surface area contributed by atoms with Crippen molar-refractivity contribution in [3.05, 3.63) is 58.6 Å². The SMILES string of the molecule is Cc1c(Cl)cccc1NC(=O)C(C)(C)C(=O)N1c2ccccc2CC1C. The number of halogens is 1. The average Bonchev–Trinajstić information content (AvgIpc) is 2.93. The minimum Gasteiger partial charge on any atom is -0.325 e. The fourth-order valence-electron chi connectivity index (χ4n) is 3.29. The quantitative estimate of drug-likeness (QED) is 0.803. The van der Waals surface area contributed by atoms with Crippen LogP contribution in [0.5, 0.6) is 0 Å².